The Kier molecular flexibility index (Phi) is 4.85. The first kappa shape index (κ1) is 17.2. The molecule has 27 heavy (non-hydrogen) atoms. The summed E-state index contributed by atoms with van der Waals surface area (Å²) >= 11 is 5.97. The fourth-order valence-electron chi connectivity index (χ4n) is 2.96. The Morgan fingerprint density at radius 3 is 2.70 bits per heavy atom. The molecule has 0 radical (unpaired) electrons. The van der Waals surface area contributed by atoms with Crippen LogP contribution in [-0.2, 0) is 13.1 Å². The van der Waals surface area contributed by atoms with E-state index in [2.05, 4.69) is 27.4 Å². The molecule has 6 heteroatoms. The third kappa shape index (κ3) is 3.83. The van der Waals surface area contributed by atoms with Crippen molar-refractivity contribution in [3.8, 4) is 0 Å². The lowest BCUT2D eigenvalue weighted by molar-refractivity contribution is 0.0949. The standard InChI is InChI=1S/C21H17ClN4O/c22-17-9-4-8-16(12-17)21(27)24-13-19-25-18-10-5-11-23-20(18)26(19)14-15-6-2-1-3-7-15/h1-12H,13-14H2,(H,24,27). The van der Waals surface area contributed by atoms with E-state index in [9.17, 15) is 4.79 Å². The molecule has 0 saturated carbocycles. The second-order valence-corrected chi connectivity index (χ2v) is 6.58. The molecule has 134 valence electrons. The summed E-state index contributed by atoms with van der Waals surface area (Å²) in [7, 11) is 0. The van der Waals surface area contributed by atoms with Gasteiger partial charge in [-0.2, -0.15) is 0 Å². The van der Waals surface area contributed by atoms with E-state index in [0.717, 1.165) is 22.6 Å². The lowest BCUT2D eigenvalue weighted by Crippen LogP contribution is -2.25. The lowest BCUT2D eigenvalue weighted by Gasteiger charge is -2.10. The Morgan fingerprint density at radius 2 is 1.89 bits per heavy atom. The van der Waals surface area contributed by atoms with Gasteiger partial charge in [0.25, 0.3) is 5.91 Å². The number of hydrogen-bond acceptors (Lipinski definition) is 3. The fraction of sp³-hybridized carbons (Fsp3) is 0.0952. The number of rotatable bonds is 5. The number of nitrogens with one attached hydrogen (secondary N) is 1. The van der Waals surface area contributed by atoms with Gasteiger partial charge < -0.3 is 9.88 Å². The monoisotopic (exact) mass is 376 g/mol. The zero-order chi connectivity index (χ0) is 18.6. The van der Waals surface area contributed by atoms with Gasteiger partial charge in [0.2, 0.25) is 0 Å². The largest absolute Gasteiger partial charge is 0.345 e. The molecule has 5 nitrogen and oxygen atoms in total. The van der Waals surface area contributed by atoms with Gasteiger partial charge in [0.1, 0.15) is 11.3 Å². The van der Waals surface area contributed by atoms with Gasteiger partial charge in [-0.1, -0.05) is 48.0 Å². The van der Waals surface area contributed by atoms with Crippen LogP contribution in [0, 0.1) is 0 Å². The Balaban J connectivity index is 1.61. The highest BCUT2D eigenvalue weighted by atomic mass is 35.5. The van der Waals surface area contributed by atoms with E-state index in [1.165, 1.54) is 0 Å². The topological polar surface area (TPSA) is 59.8 Å². The van der Waals surface area contributed by atoms with Gasteiger partial charge in [-0.05, 0) is 35.9 Å². The van der Waals surface area contributed by atoms with Crippen molar-refractivity contribution >= 4 is 28.7 Å². The van der Waals surface area contributed by atoms with Gasteiger partial charge in [-0.15, -0.1) is 0 Å². The number of carbonyl (C=O) groups is 1. The van der Waals surface area contributed by atoms with Crippen molar-refractivity contribution in [1.29, 1.82) is 0 Å². The van der Waals surface area contributed by atoms with Crippen LogP contribution in [0.25, 0.3) is 11.2 Å². The lowest BCUT2D eigenvalue weighted by atomic mass is 10.2. The van der Waals surface area contributed by atoms with Crippen molar-refractivity contribution in [3.05, 3.63) is 94.9 Å². The van der Waals surface area contributed by atoms with Gasteiger partial charge in [0, 0.05) is 16.8 Å². The van der Waals surface area contributed by atoms with Crippen LogP contribution in [0.1, 0.15) is 21.7 Å². The second-order valence-electron chi connectivity index (χ2n) is 6.14. The number of pyridine rings is 1. The molecule has 1 amide bonds. The highest BCUT2D eigenvalue weighted by molar-refractivity contribution is 6.30. The Labute approximate surface area is 161 Å². The summed E-state index contributed by atoms with van der Waals surface area (Å²) in [5.41, 5.74) is 3.27. The van der Waals surface area contributed by atoms with Crippen LogP contribution in [0.5, 0.6) is 0 Å². The predicted molar refractivity (Wildman–Crippen MR) is 106 cm³/mol. The molecule has 0 unspecified atom stereocenters. The molecule has 0 saturated heterocycles. The van der Waals surface area contributed by atoms with Gasteiger partial charge in [0.15, 0.2) is 5.65 Å². The summed E-state index contributed by atoms with van der Waals surface area (Å²) in [6.07, 6.45) is 1.75. The molecule has 0 bridgehead atoms. The number of benzene rings is 2. The van der Waals surface area contributed by atoms with E-state index >= 15 is 0 Å². The molecule has 2 aromatic carbocycles. The molecule has 0 spiro atoms. The van der Waals surface area contributed by atoms with Crippen molar-refractivity contribution in [1.82, 2.24) is 19.9 Å². The fourth-order valence-corrected chi connectivity index (χ4v) is 3.15. The number of fused-ring (bicyclic) bond motifs is 1. The number of carbonyl (C=O) groups excluding carboxylic acids is 1. The third-order valence-corrected chi connectivity index (χ3v) is 4.50. The van der Waals surface area contributed by atoms with Crippen molar-refractivity contribution in [3.63, 3.8) is 0 Å². The minimum atomic E-state index is -0.191. The first-order chi connectivity index (χ1) is 13.2. The molecule has 0 atom stereocenters. The Bertz CT molecular complexity index is 1090. The molecule has 0 aliphatic heterocycles. The molecule has 0 aliphatic rings. The number of imidazole rings is 1. The smallest absolute Gasteiger partial charge is 0.251 e. The van der Waals surface area contributed by atoms with Gasteiger partial charge in [-0.3, -0.25) is 4.79 Å². The second kappa shape index (κ2) is 7.60. The van der Waals surface area contributed by atoms with E-state index in [-0.39, 0.29) is 5.91 Å². The van der Waals surface area contributed by atoms with E-state index in [1.807, 2.05) is 34.9 Å². The SMILES string of the molecule is O=C(NCc1nc2cccnc2n1Cc1ccccc1)c1cccc(Cl)c1. The number of nitrogens with zero attached hydrogens (tertiary/aromatic N) is 3. The van der Waals surface area contributed by atoms with Crippen LogP contribution in [0.15, 0.2) is 72.9 Å². The van der Waals surface area contributed by atoms with E-state index < -0.39 is 0 Å². The predicted octanol–water partition coefficient (Wildman–Crippen LogP) is 4.06. The summed E-state index contributed by atoms with van der Waals surface area (Å²) in [6.45, 7) is 0.936. The number of aromatic nitrogens is 3. The normalized spacial score (nSPS) is 10.9. The summed E-state index contributed by atoms with van der Waals surface area (Å²) in [6, 6.07) is 20.8. The number of hydrogen-bond donors (Lipinski definition) is 1. The summed E-state index contributed by atoms with van der Waals surface area (Å²) in [5.74, 6) is 0.562. The average Bonchev–Trinajstić information content (AvgIpc) is 3.04. The summed E-state index contributed by atoms with van der Waals surface area (Å²) in [4.78, 5) is 21.5. The third-order valence-electron chi connectivity index (χ3n) is 4.26. The highest BCUT2D eigenvalue weighted by Gasteiger charge is 2.14. The van der Waals surface area contributed by atoms with E-state index in [0.29, 0.717) is 23.7 Å². The van der Waals surface area contributed by atoms with Crippen LogP contribution in [0.2, 0.25) is 5.02 Å². The maximum Gasteiger partial charge on any atom is 0.251 e. The van der Waals surface area contributed by atoms with Crippen LogP contribution < -0.4 is 5.32 Å². The quantitative estimate of drug-likeness (QED) is 0.571. The van der Waals surface area contributed by atoms with Crippen LogP contribution in [0.3, 0.4) is 0 Å². The molecule has 0 fully saturated rings. The molecule has 4 rings (SSSR count). The van der Waals surface area contributed by atoms with Crippen LogP contribution >= 0.6 is 11.6 Å². The van der Waals surface area contributed by atoms with Gasteiger partial charge >= 0.3 is 0 Å². The molecule has 1 N–H and O–H groups in total. The minimum absolute atomic E-state index is 0.191. The number of amides is 1. The maximum absolute atomic E-state index is 12.4. The van der Waals surface area contributed by atoms with Crippen molar-refractivity contribution in [2.24, 2.45) is 0 Å². The first-order valence-electron chi connectivity index (χ1n) is 8.58. The molecule has 2 aromatic heterocycles. The molecular formula is C21H17ClN4O. The van der Waals surface area contributed by atoms with Gasteiger partial charge in [-0.25, -0.2) is 9.97 Å². The molecule has 0 aliphatic carbocycles. The average molecular weight is 377 g/mol. The van der Waals surface area contributed by atoms with Crippen LogP contribution in [-0.4, -0.2) is 20.4 Å². The Hall–Kier alpha value is -3.18. The van der Waals surface area contributed by atoms with Crippen molar-refractivity contribution < 1.29 is 4.79 Å². The van der Waals surface area contributed by atoms with E-state index in [1.54, 1.807) is 30.5 Å². The molecule has 2 heterocycles. The van der Waals surface area contributed by atoms with Crippen LogP contribution in [0.4, 0.5) is 0 Å². The zero-order valence-electron chi connectivity index (χ0n) is 14.5. The minimum Gasteiger partial charge on any atom is -0.345 e. The van der Waals surface area contributed by atoms with Gasteiger partial charge in [0.05, 0.1) is 13.1 Å². The molecule has 4 aromatic rings. The zero-order valence-corrected chi connectivity index (χ0v) is 15.2. The summed E-state index contributed by atoms with van der Waals surface area (Å²) < 4.78 is 2.03. The van der Waals surface area contributed by atoms with E-state index in [4.69, 9.17) is 11.6 Å². The Morgan fingerprint density at radius 1 is 1.04 bits per heavy atom. The summed E-state index contributed by atoms with van der Waals surface area (Å²) in [5, 5.41) is 3.45. The highest BCUT2D eigenvalue weighted by Crippen LogP contribution is 2.16. The van der Waals surface area contributed by atoms with Crippen molar-refractivity contribution in [2.45, 2.75) is 13.1 Å². The number of halogens is 1. The maximum atomic E-state index is 12.4. The molecular weight excluding hydrogens is 360 g/mol. The first-order valence-corrected chi connectivity index (χ1v) is 8.96. The van der Waals surface area contributed by atoms with Crippen molar-refractivity contribution in [2.75, 3.05) is 0 Å².